The minimum absolute atomic E-state index is 0.356. The van der Waals surface area contributed by atoms with Crippen LogP contribution in [0.2, 0.25) is 0 Å². The number of nitrogens with one attached hydrogen (secondary N) is 2. The van der Waals surface area contributed by atoms with Crippen LogP contribution >= 0.6 is 0 Å². The number of fused-ring (bicyclic) bond motifs is 1. The molecule has 10 nitrogen and oxygen atoms in total. The summed E-state index contributed by atoms with van der Waals surface area (Å²) in [6, 6.07) is 6.00. The van der Waals surface area contributed by atoms with E-state index in [-0.39, 0.29) is 0 Å². The van der Waals surface area contributed by atoms with Crippen LogP contribution in [0.3, 0.4) is 0 Å². The molecule has 0 unspecified atom stereocenters. The summed E-state index contributed by atoms with van der Waals surface area (Å²) in [5.41, 5.74) is 3.94. The van der Waals surface area contributed by atoms with Crippen LogP contribution in [0.4, 0.5) is 11.6 Å². The molecule has 33 heavy (non-hydrogen) atoms. The summed E-state index contributed by atoms with van der Waals surface area (Å²) >= 11 is 0. The van der Waals surface area contributed by atoms with Gasteiger partial charge in [0.2, 0.25) is 5.88 Å². The number of ether oxygens (including phenoxy) is 2. The summed E-state index contributed by atoms with van der Waals surface area (Å²) < 4.78 is 13.0. The maximum absolute atomic E-state index is 5.99. The van der Waals surface area contributed by atoms with Gasteiger partial charge in [0.25, 0.3) is 0 Å². The van der Waals surface area contributed by atoms with Crippen molar-refractivity contribution in [2.24, 2.45) is 5.92 Å². The minimum Gasteiger partial charge on any atom is -0.476 e. The first-order chi connectivity index (χ1) is 16.1. The first kappa shape index (κ1) is 21.3. The maximum Gasteiger partial charge on any atom is 0.236 e. The van der Waals surface area contributed by atoms with Gasteiger partial charge in [-0.1, -0.05) is 13.8 Å². The zero-order valence-electron chi connectivity index (χ0n) is 19.0. The van der Waals surface area contributed by atoms with Crippen LogP contribution in [0.5, 0.6) is 5.88 Å². The molecule has 0 bridgehead atoms. The van der Waals surface area contributed by atoms with Crippen LogP contribution in [-0.4, -0.2) is 48.7 Å². The lowest BCUT2D eigenvalue weighted by Crippen LogP contribution is -2.27. The topological polar surface area (TPSA) is 115 Å². The van der Waals surface area contributed by atoms with Crippen LogP contribution < -0.4 is 10.1 Å². The monoisotopic (exact) mass is 448 g/mol. The third kappa shape index (κ3) is 4.51. The Kier molecular flexibility index (Phi) is 5.91. The molecule has 0 aliphatic heterocycles. The summed E-state index contributed by atoms with van der Waals surface area (Å²) in [6.45, 7) is 5.38. The highest BCUT2D eigenvalue weighted by Gasteiger charge is 2.32. The predicted octanol–water partition coefficient (Wildman–Crippen LogP) is 3.83. The van der Waals surface area contributed by atoms with Gasteiger partial charge in [0.15, 0.2) is 11.6 Å². The van der Waals surface area contributed by atoms with Gasteiger partial charge in [0, 0.05) is 42.7 Å². The molecule has 4 aromatic rings. The highest BCUT2D eigenvalue weighted by Crippen LogP contribution is 2.42. The number of aromatic nitrogens is 7. The molecule has 0 spiro atoms. The summed E-state index contributed by atoms with van der Waals surface area (Å²) in [6.07, 6.45) is 7.35. The summed E-state index contributed by atoms with van der Waals surface area (Å²) in [5, 5.41) is 23.5. The predicted molar refractivity (Wildman–Crippen MR) is 123 cm³/mol. The molecule has 0 atom stereocenters. The smallest absolute Gasteiger partial charge is 0.236 e. The minimum atomic E-state index is 0.356. The zero-order chi connectivity index (χ0) is 22.8. The van der Waals surface area contributed by atoms with E-state index in [1.165, 1.54) is 0 Å². The van der Waals surface area contributed by atoms with E-state index in [0.29, 0.717) is 42.7 Å². The Balaban J connectivity index is 1.18. The van der Waals surface area contributed by atoms with Gasteiger partial charge in [0.05, 0.1) is 25.1 Å². The van der Waals surface area contributed by atoms with E-state index in [4.69, 9.17) is 9.47 Å². The van der Waals surface area contributed by atoms with E-state index in [0.717, 1.165) is 41.1 Å². The molecular weight excluding hydrogens is 420 g/mol. The van der Waals surface area contributed by atoms with E-state index >= 15 is 0 Å². The molecule has 1 fully saturated rings. The maximum atomic E-state index is 5.99. The van der Waals surface area contributed by atoms with Crippen molar-refractivity contribution >= 4 is 17.2 Å². The fourth-order valence-electron chi connectivity index (χ4n) is 4.22. The van der Waals surface area contributed by atoms with Crippen molar-refractivity contribution in [2.45, 2.75) is 45.1 Å². The van der Waals surface area contributed by atoms with Gasteiger partial charge >= 0.3 is 0 Å². The summed E-state index contributed by atoms with van der Waals surface area (Å²) in [4.78, 5) is 4.45. The number of anilines is 2. The van der Waals surface area contributed by atoms with Crippen LogP contribution in [0.25, 0.3) is 5.52 Å². The Morgan fingerprint density at radius 3 is 2.94 bits per heavy atom. The fourth-order valence-corrected chi connectivity index (χ4v) is 4.22. The molecule has 2 N–H and O–H groups in total. The van der Waals surface area contributed by atoms with Gasteiger partial charge in [-0.25, -0.2) is 9.50 Å². The second-order valence-electron chi connectivity index (χ2n) is 8.80. The Morgan fingerprint density at radius 1 is 1.24 bits per heavy atom. The number of H-pyrrole nitrogens is 1. The van der Waals surface area contributed by atoms with Gasteiger partial charge in [0.1, 0.15) is 5.52 Å². The van der Waals surface area contributed by atoms with Crippen molar-refractivity contribution in [2.75, 3.05) is 19.0 Å². The number of aromatic amines is 1. The molecule has 4 heterocycles. The highest BCUT2D eigenvalue weighted by atomic mass is 16.5. The summed E-state index contributed by atoms with van der Waals surface area (Å²) in [7, 11) is 1.66. The van der Waals surface area contributed by atoms with E-state index in [2.05, 4.69) is 55.7 Å². The average molecular weight is 449 g/mol. The van der Waals surface area contributed by atoms with Crippen molar-refractivity contribution < 1.29 is 9.47 Å². The number of rotatable bonds is 9. The van der Waals surface area contributed by atoms with Crippen LogP contribution in [0.15, 0.2) is 36.8 Å². The van der Waals surface area contributed by atoms with Crippen LogP contribution in [0.1, 0.15) is 55.5 Å². The third-order valence-corrected chi connectivity index (χ3v) is 6.05. The lowest BCUT2D eigenvalue weighted by Gasteiger charge is -2.34. The van der Waals surface area contributed by atoms with Gasteiger partial charge in [-0.05, 0) is 36.8 Å². The average Bonchev–Trinajstić information content (AvgIpc) is 3.40. The second-order valence-corrected chi connectivity index (χ2v) is 8.80. The largest absolute Gasteiger partial charge is 0.476 e. The molecule has 1 aliphatic rings. The lowest BCUT2D eigenvalue weighted by atomic mass is 9.74. The summed E-state index contributed by atoms with van der Waals surface area (Å²) in [5.74, 6) is 3.39. The van der Waals surface area contributed by atoms with Crippen LogP contribution in [-0.2, 0) is 11.3 Å². The third-order valence-electron chi connectivity index (χ3n) is 6.05. The number of nitrogens with zero attached hydrogens (tertiary/aromatic N) is 6. The lowest BCUT2D eigenvalue weighted by molar-refractivity contribution is 0.150. The Labute approximate surface area is 191 Å². The Hall–Kier alpha value is -3.53. The van der Waals surface area contributed by atoms with E-state index < -0.39 is 0 Å². The molecule has 0 amide bonds. The first-order valence-electron chi connectivity index (χ1n) is 11.2. The Bertz CT molecular complexity index is 1230. The number of methoxy groups -OCH3 is 1. The van der Waals surface area contributed by atoms with E-state index in [1.807, 2.05) is 18.3 Å². The normalized spacial score (nSPS) is 17.9. The van der Waals surface area contributed by atoms with Crippen molar-refractivity contribution in [1.29, 1.82) is 0 Å². The second kappa shape index (κ2) is 9.14. The van der Waals surface area contributed by atoms with Gasteiger partial charge in [-0.3, -0.25) is 5.10 Å². The van der Waals surface area contributed by atoms with Gasteiger partial charge < -0.3 is 14.8 Å². The molecular formula is C23H28N8O2. The van der Waals surface area contributed by atoms with Gasteiger partial charge in [-0.2, -0.15) is 15.3 Å². The number of hydrogen-bond acceptors (Lipinski definition) is 8. The van der Waals surface area contributed by atoms with Crippen molar-refractivity contribution in [3.8, 4) is 5.88 Å². The van der Waals surface area contributed by atoms with E-state index in [9.17, 15) is 0 Å². The number of hydrogen-bond donors (Lipinski definition) is 2. The van der Waals surface area contributed by atoms with Gasteiger partial charge in [-0.15, -0.1) is 5.10 Å². The first-order valence-corrected chi connectivity index (χ1v) is 11.2. The van der Waals surface area contributed by atoms with Crippen molar-refractivity contribution in [1.82, 2.24) is 35.0 Å². The molecule has 5 rings (SSSR count). The quantitative estimate of drug-likeness (QED) is 0.397. The zero-order valence-corrected chi connectivity index (χ0v) is 19.0. The molecule has 4 aromatic heterocycles. The highest BCUT2D eigenvalue weighted by molar-refractivity contribution is 5.72. The molecule has 0 aromatic carbocycles. The molecule has 172 valence electrons. The standard InChI is InChI=1S/C23H28N8O2/c1-14(2)18-4-5-25-29-23(18)33-12-15-8-16(9-15)19-11-21(28-27-19)26-22-20-10-17(13-32-3)30-31(20)7-6-24-22/h4-7,10-11,14-16H,8-9,12-13H2,1-3H3,(H2,24,26,27,28)/t15-,16+. The Morgan fingerprint density at radius 2 is 2.12 bits per heavy atom. The molecule has 0 radical (unpaired) electrons. The fraction of sp³-hybridized carbons (Fsp3) is 0.435. The molecule has 1 saturated carbocycles. The van der Waals surface area contributed by atoms with Crippen molar-refractivity contribution in [3.05, 3.63) is 53.7 Å². The SMILES string of the molecule is COCc1cc2c(Nc3cc([C@H]4C[C@@H](COc5nnccc5C(C)C)C4)[nH]n3)nccn2n1. The molecule has 1 aliphatic carbocycles. The van der Waals surface area contributed by atoms with Crippen molar-refractivity contribution in [3.63, 3.8) is 0 Å². The van der Waals surface area contributed by atoms with E-state index in [1.54, 1.807) is 24.0 Å². The molecule has 10 heteroatoms. The van der Waals surface area contributed by atoms with Crippen LogP contribution in [0, 0.1) is 5.92 Å². The molecule has 0 saturated heterocycles.